The van der Waals surface area contributed by atoms with Crippen LogP contribution in [-0.4, -0.2) is 44.8 Å². The highest BCUT2D eigenvalue weighted by atomic mass is 35.5. The predicted octanol–water partition coefficient (Wildman–Crippen LogP) is 6.70. The molecule has 0 saturated heterocycles. The Balaban J connectivity index is 1.90. The van der Waals surface area contributed by atoms with E-state index in [1.54, 1.807) is 33.8 Å². The van der Waals surface area contributed by atoms with E-state index in [1.165, 1.54) is 18.2 Å². The summed E-state index contributed by atoms with van der Waals surface area (Å²) in [6.45, 7) is 5.84. The Hall–Kier alpha value is -3.62. The van der Waals surface area contributed by atoms with Crippen LogP contribution in [0.3, 0.4) is 0 Å². The van der Waals surface area contributed by atoms with Crippen molar-refractivity contribution in [1.29, 1.82) is 0 Å². The number of nitrogens with zero attached hydrogens (tertiary/aromatic N) is 4. The molecule has 0 radical (unpaired) electrons. The molecule has 6 nitrogen and oxygen atoms in total. The summed E-state index contributed by atoms with van der Waals surface area (Å²) in [5.74, 6) is -0.112. The average molecular weight is 566 g/mol. The van der Waals surface area contributed by atoms with Crippen LogP contribution in [0.15, 0.2) is 78.9 Å². The topological polar surface area (TPSA) is 77.0 Å². The molecule has 4 aromatic rings. The van der Waals surface area contributed by atoms with Gasteiger partial charge in [-0.3, -0.25) is 4.79 Å². The third-order valence-electron chi connectivity index (χ3n) is 6.64. The smallest absolute Gasteiger partial charge is 0.254 e. The van der Waals surface area contributed by atoms with Crippen LogP contribution < -0.4 is 5.73 Å². The van der Waals surface area contributed by atoms with Crippen molar-refractivity contribution in [3.63, 3.8) is 0 Å². The molecule has 0 aliphatic carbocycles. The number of hydrogen-bond donors (Lipinski definition) is 1. The zero-order chi connectivity index (χ0) is 28.9. The highest BCUT2D eigenvalue weighted by Gasteiger charge is 2.39. The number of halogens is 3. The lowest BCUT2D eigenvalue weighted by Crippen LogP contribution is -2.44. The summed E-state index contributed by atoms with van der Waals surface area (Å²) >= 11 is 6.20. The second kappa shape index (κ2) is 12.7. The normalized spacial score (nSPS) is 13.2. The van der Waals surface area contributed by atoms with Crippen LogP contribution in [0.1, 0.15) is 55.0 Å². The predicted molar refractivity (Wildman–Crippen MR) is 154 cm³/mol. The highest BCUT2D eigenvalue weighted by molar-refractivity contribution is 6.30. The van der Waals surface area contributed by atoms with Gasteiger partial charge in [-0.25, -0.2) is 18.4 Å². The molecular formula is C31H34ClF2N5O. The van der Waals surface area contributed by atoms with Gasteiger partial charge in [-0.05, 0) is 47.7 Å². The second-order valence-corrected chi connectivity index (χ2v) is 11.3. The summed E-state index contributed by atoms with van der Waals surface area (Å²) in [7, 11) is 0. The van der Waals surface area contributed by atoms with Gasteiger partial charge in [0, 0.05) is 23.2 Å². The Kier molecular flexibility index (Phi) is 9.32. The Morgan fingerprint density at radius 1 is 1.05 bits per heavy atom. The molecule has 9 heteroatoms. The first-order valence-electron chi connectivity index (χ1n) is 13.2. The summed E-state index contributed by atoms with van der Waals surface area (Å²) < 4.78 is 30.0. The van der Waals surface area contributed by atoms with E-state index >= 15 is 0 Å². The Morgan fingerprint density at radius 3 is 2.33 bits per heavy atom. The maximum Gasteiger partial charge on any atom is 0.254 e. The fraction of sp³-hybridized carbons (Fsp3) is 0.323. The minimum Gasteiger partial charge on any atom is -0.328 e. The maximum atomic E-state index is 15.0. The van der Waals surface area contributed by atoms with Crippen LogP contribution in [0.2, 0.25) is 5.02 Å². The van der Waals surface area contributed by atoms with Crippen LogP contribution in [-0.2, 0) is 6.54 Å². The fourth-order valence-corrected chi connectivity index (χ4v) is 4.85. The zero-order valence-electron chi connectivity index (χ0n) is 22.9. The van der Waals surface area contributed by atoms with E-state index in [1.807, 2.05) is 57.2 Å². The van der Waals surface area contributed by atoms with Crippen LogP contribution in [0, 0.1) is 11.2 Å². The molecule has 40 heavy (non-hydrogen) atoms. The fourth-order valence-electron chi connectivity index (χ4n) is 4.68. The Morgan fingerprint density at radius 2 is 1.70 bits per heavy atom. The van der Waals surface area contributed by atoms with Crippen LogP contribution in [0.4, 0.5) is 8.78 Å². The highest BCUT2D eigenvalue weighted by Crippen LogP contribution is 2.39. The quantitative estimate of drug-likeness (QED) is 0.232. The van der Waals surface area contributed by atoms with Crippen LogP contribution in [0.5, 0.6) is 0 Å². The van der Waals surface area contributed by atoms with Crippen molar-refractivity contribution >= 4 is 17.5 Å². The number of carbonyl (C=O) groups excluding carboxylic acids is 1. The van der Waals surface area contributed by atoms with Crippen molar-refractivity contribution in [2.75, 3.05) is 13.2 Å². The van der Waals surface area contributed by atoms with E-state index in [0.29, 0.717) is 23.0 Å². The van der Waals surface area contributed by atoms with Gasteiger partial charge in [0.1, 0.15) is 12.5 Å². The molecule has 4 rings (SSSR count). The lowest BCUT2D eigenvalue weighted by molar-refractivity contribution is 0.0469. The van der Waals surface area contributed by atoms with E-state index in [9.17, 15) is 13.6 Å². The molecule has 1 amide bonds. The maximum absolute atomic E-state index is 15.0. The summed E-state index contributed by atoms with van der Waals surface area (Å²) in [5, 5.41) is 5.07. The van der Waals surface area contributed by atoms with E-state index in [-0.39, 0.29) is 30.3 Å². The molecule has 0 aliphatic heterocycles. The number of rotatable bonds is 10. The number of amides is 1. The monoisotopic (exact) mass is 565 g/mol. The van der Waals surface area contributed by atoms with Gasteiger partial charge in [0.05, 0.1) is 18.2 Å². The van der Waals surface area contributed by atoms with Gasteiger partial charge in [-0.2, -0.15) is 5.10 Å². The molecule has 0 spiro atoms. The molecule has 3 aromatic carbocycles. The molecule has 0 bridgehead atoms. The molecule has 2 unspecified atom stereocenters. The van der Waals surface area contributed by atoms with Gasteiger partial charge in [0.25, 0.3) is 5.91 Å². The van der Waals surface area contributed by atoms with E-state index < -0.39 is 30.0 Å². The molecule has 1 heterocycles. The van der Waals surface area contributed by atoms with Gasteiger partial charge >= 0.3 is 0 Å². The van der Waals surface area contributed by atoms with E-state index in [2.05, 4.69) is 0 Å². The molecular weight excluding hydrogens is 532 g/mol. The summed E-state index contributed by atoms with van der Waals surface area (Å²) in [5.41, 5.74) is 7.01. The van der Waals surface area contributed by atoms with Crippen molar-refractivity contribution in [1.82, 2.24) is 19.7 Å². The first kappa shape index (κ1) is 29.4. The molecule has 0 fully saturated rings. The average Bonchev–Trinajstić information content (AvgIpc) is 3.34. The first-order valence-corrected chi connectivity index (χ1v) is 13.6. The standard InChI is InChI=1S/C31H34ClF2N5O/c1-31(2,3)27(38(17-16-24(35)19-33)30(40)22-12-8-5-9-13-22)29-36-28(25-18-23(32)14-15-26(25)34)37-39(29)20-21-10-6-4-7-11-21/h4-15,18,24,27H,16-17,19-20,35H2,1-3H3. The zero-order valence-corrected chi connectivity index (χ0v) is 23.7. The largest absolute Gasteiger partial charge is 0.328 e. The van der Waals surface area contributed by atoms with Gasteiger partial charge < -0.3 is 10.6 Å². The molecule has 0 aliphatic rings. The lowest BCUT2D eigenvalue weighted by Gasteiger charge is -2.40. The van der Waals surface area contributed by atoms with Crippen molar-refractivity contribution in [3.05, 3.63) is 107 Å². The molecule has 210 valence electrons. The van der Waals surface area contributed by atoms with Crippen LogP contribution in [0.25, 0.3) is 11.4 Å². The number of alkyl halides is 1. The summed E-state index contributed by atoms with van der Waals surface area (Å²) in [6, 6.07) is 21.5. The Bertz CT molecular complexity index is 1420. The molecule has 0 saturated carbocycles. The number of hydrogen-bond acceptors (Lipinski definition) is 4. The minimum atomic E-state index is -0.718. The van der Waals surface area contributed by atoms with Gasteiger partial charge in [-0.15, -0.1) is 0 Å². The SMILES string of the molecule is CC(C)(C)C(c1nc(-c2cc(Cl)ccc2F)nn1Cc1ccccc1)N(CCC(N)CF)C(=O)c1ccccc1. The number of aromatic nitrogens is 3. The van der Waals surface area contributed by atoms with Crippen molar-refractivity contribution < 1.29 is 13.6 Å². The summed E-state index contributed by atoms with van der Waals surface area (Å²) in [6.07, 6.45) is 0.254. The van der Waals surface area contributed by atoms with Crippen LogP contribution >= 0.6 is 11.6 Å². The van der Waals surface area contributed by atoms with Crippen molar-refractivity contribution in [2.45, 2.75) is 45.8 Å². The van der Waals surface area contributed by atoms with Gasteiger partial charge in [0.15, 0.2) is 11.6 Å². The third-order valence-corrected chi connectivity index (χ3v) is 6.88. The number of benzene rings is 3. The van der Waals surface area contributed by atoms with E-state index in [0.717, 1.165) is 5.56 Å². The van der Waals surface area contributed by atoms with Gasteiger partial charge in [-0.1, -0.05) is 80.9 Å². The molecule has 2 N–H and O–H groups in total. The van der Waals surface area contributed by atoms with E-state index in [4.69, 9.17) is 27.4 Å². The van der Waals surface area contributed by atoms with Crippen molar-refractivity contribution in [3.8, 4) is 11.4 Å². The second-order valence-electron chi connectivity index (χ2n) is 10.9. The van der Waals surface area contributed by atoms with Crippen molar-refractivity contribution in [2.24, 2.45) is 11.1 Å². The third kappa shape index (κ3) is 6.92. The number of nitrogens with two attached hydrogens (primary N) is 1. The summed E-state index contributed by atoms with van der Waals surface area (Å²) in [4.78, 5) is 20.5. The molecule has 1 aromatic heterocycles. The lowest BCUT2D eigenvalue weighted by atomic mass is 9.84. The minimum absolute atomic E-state index is 0.160. The number of carbonyl (C=O) groups is 1. The van der Waals surface area contributed by atoms with Gasteiger partial charge in [0.2, 0.25) is 0 Å². The Labute approximate surface area is 238 Å². The first-order chi connectivity index (χ1) is 19.1. The molecule has 2 atom stereocenters.